The first-order chi connectivity index (χ1) is 18.2. The van der Waals surface area contributed by atoms with Crippen LogP contribution in [0, 0.1) is 0 Å². The molecule has 0 bridgehead atoms. The van der Waals surface area contributed by atoms with Crippen LogP contribution in [0.25, 0.3) is 5.65 Å². The average molecular weight is 536 g/mol. The maximum absolute atomic E-state index is 12.9. The van der Waals surface area contributed by atoms with E-state index in [1.165, 1.54) is 0 Å². The number of carbonyl (C=O) groups excluding carboxylic acids is 1. The number of hydrogen-bond donors (Lipinski definition) is 4. The topological polar surface area (TPSA) is 133 Å². The summed E-state index contributed by atoms with van der Waals surface area (Å²) in [5, 5.41) is 21.2. The van der Waals surface area contributed by atoms with Crippen LogP contribution in [0.4, 0.5) is 30.4 Å². The second-order valence-electron chi connectivity index (χ2n) is 8.73. The Labute approximate surface area is 216 Å². The SMILES string of the molecule is O=C(Nc1ccc(N2CCOCC2)cc1)c1cnn2ccc(N[C@@H]3CCCNC3)nc12.O=C(O)C(F)(F)F. The monoisotopic (exact) mass is 535 g/mol. The number of aliphatic carboxylic acids is 1. The predicted octanol–water partition coefficient (Wildman–Crippen LogP) is 2.62. The summed E-state index contributed by atoms with van der Waals surface area (Å²) in [5.41, 5.74) is 2.86. The highest BCUT2D eigenvalue weighted by atomic mass is 19.4. The lowest BCUT2D eigenvalue weighted by Gasteiger charge is -2.28. The van der Waals surface area contributed by atoms with Crippen molar-refractivity contribution in [2.75, 3.05) is 54.9 Å². The number of nitrogens with one attached hydrogen (secondary N) is 3. The number of amides is 1. The van der Waals surface area contributed by atoms with Crippen LogP contribution in [0.3, 0.4) is 0 Å². The summed E-state index contributed by atoms with van der Waals surface area (Å²) in [6.07, 6.45) is 0.554. The van der Waals surface area contributed by atoms with Crippen molar-refractivity contribution in [3.8, 4) is 0 Å². The number of benzene rings is 1. The van der Waals surface area contributed by atoms with Gasteiger partial charge in [0.15, 0.2) is 5.65 Å². The third kappa shape index (κ3) is 7.10. The van der Waals surface area contributed by atoms with Gasteiger partial charge in [0.25, 0.3) is 5.91 Å². The molecule has 4 heterocycles. The smallest absolute Gasteiger partial charge is 0.475 e. The van der Waals surface area contributed by atoms with E-state index >= 15 is 0 Å². The minimum absolute atomic E-state index is 0.224. The molecule has 4 N–H and O–H groups in total. The Morgan fingerprint density at radius 2 is 1.84 bits per heavy atom. The maximum Gasteiger partial charge on any atom is 0.490 e. The number of aromatic nitrogens is 3. The molecule has 14 heteroatoms. The minimum atomic E-state index is -5.08. The van der Waals surface area contributed by atoms with Gasteiger partial charge in [0.2, 0.25) is 0 Å². The Morgan fingerprint density at radius 1 is 1.13 bits per heavy atom. The van der Waals surface area contributed by atoms with E-state index in [2.05, 4.69) is 30.9 Å². The van der Waals surface area contributed by atoms with Crippen molar-refractivity contribution in [1.29, 1.82) is 0 Å². The van der Waals surface area contributed by atoms with Crippen molar-refractivity contribution in [3.05, 3.63) is 48.3 Å². The highest BCUT2D eigenvalue weighted by Gasteiger charge is 2.38. The molecule has 0 aliphatic carbocycles. The molecule has 38 heavy (non-hydrogen) atoms. The molecule has 2 aliphatic rings. The van der Waals surface area contributed by atoms with Crippen LogP contribution in [0.15, 0.2) is 42.7 Å². The van der Waals surface area contributed by atoms with Gasteiger partial charge >= 0.3 is 12.1 Å². The van der Waals surface area contributed by atoms with E-state index in [4.69, 9.17) is 14.6 Å². The first-order valence-corrected chi connectivity index (χ1v) is 12.1. The lowest BCUT2D eigenvalue weighted by atomic mass is 10.1. The number of carboxylic acids is 1. The van der Waals surface area contributed by atoms with Gasteiger partial charge < -0.3 is 30.7 Å². The van der Waals surface area contributed by atoms with Crippen LogP contribution in [0.5, 0.6) is 0 Å². The van der Waals surface area contributed by atoms with Crippen LogP contribution in [0.1, 0.15) is 23.2 Å². The zero-order valence-electron chi connectivity index (χ0n) is 20.4. The average Bonchev–Trinajstić information content (AvgIpc) is 3.34. The molecular formula is C24H28F3N7O4. The number of fused-ring (bicyclic) bond motifs is 1. The molecule has 1 amide bonds. The van der Waals surface area contributed by atoms with Crippen molar-refractivity contribution in [1.82, 2.24) is 19.9 Å². The van der Waals surface area contributed by atoms with Crippen molar-refractivity contribution in [2.45, 2.75) is 25.1 Å². The Kier molecular flexibility index (Phi) is 8.63. The van der Waals surface area contributed by atoms with Crippen molar-refractivity contribution < 1.29 is 32.6 Å². The van der Waals surface area contributed by atoms with Crippen LogP contribution in [-0.2, 0) is 9.53 Å². The van der Waals surface area contributed by atoms with Gasteiger partial charge in [-0.05, 0) is 49.7 Å². The molecular weight excluding hydrogens is 507 g/mol. The van der Waals surface area contributed by atoms with Crippen LogP contribution in [0.2, 0.25) is 0 Å². The van der Waals surface area contributed by atoms with Gasteiger partial charge in [0.05, 0.1) is 19.4 Å². The third-order valence-electron chi connectivity index (χ3n) is 6.01. The number of anilines is 3. The fraction of sp³-hybridized carbons (Fsp3) is 0.417. The molecule has 11 nitrogen and oxygen atoms in total. The molecule has 0 spiro atoms. The normalized spacial score (nSPS) is 17.9. The molecule has 204 valence electrons. The molecule has 1 atom stereocenters. The molecule has 2 aliphatic heterocycles. The molecule has 5 rings (SSSR count). The largest absolute Gasteiger partial charge is 0.490 e. The Hall–Kier alpha value is -3.91. The summed E-state index contributed by atoms with van der Waals surface area (Å²) in [4.78, 5) is 28.7. The van der Waals surface area contributed by atoms with Gasteiger partial charge in [-0.15, -0.1) is 0 Å². The fourth-order valence-corrected chi connectivity index (χ4v) is 4.07. The Morgan fingerprint density at radius 3 is 2.47 bits per heavy atom. The van der Waals surface area contributed by atoms with Crippen LogP contribution < -0.4 is 20.9 Å². The van der Waals surface area contributed by atoms with E-state index in [0.717, 1.165) is 69.4 Å². The van der Waals surface area contributed by atoms with E-state index in [0.29, 0.717) is 17.3 Å². The molecule has 0 radical (unpaired) electrons. The number of rotatable bonds is 5. The fourth-order valence-electron chi connectivity index (χ4n) is 4.07. The highest BCUT2D eigenvalue weighted by Crippen LogP contribution is 2.21. The zero-order chi connectivity index (χ0) is 27.1. The molecule has 2 saturated heterocycles. The van der Waals surface area contributed by atoms with Gasteiger partial charge in [-0.3, -0.25) is 4.79 Å². The summed E-state index contributed by atoms with van der Waals surface area (Å²) in [6.45, 7) is 5.23. The molecule has 1 aromatic carbocycles. The first-order valence-electron chi connectivity index (χ1n) is 12.1. The van der Waals surface area contributed by atoms with Crippen LogP contribution in [-0.4, -0.2) is 83.2 Å². The molecule has 0 saturated carbocycles. The summed E-state index contributed by atoms with van der Waals surface area (Å²) >= 11 is 0. The van der Waals surface area contributed by atoms with E-state index in [-0.39, 0.29) is 5.91 Å². The van der Waals surface area contributed by atoms with Gasteiger partial charge in [-0.25, -0.2) is 14.3 Å². The van der Waals surface area contributed by atoms with Crippen molar-refractivity contribution >= 4 is 34.7 Å². The van der Waals surface area contributed by atoms with Crippen molar-refractivity contribution in [3.63, 3.8) is 0 Å². The number of ether oxygens (including phenoxy) is 1. The van der Waals surface area contributed by atoms with Crippen molar-refractivity contribution in [2.24, 2.45) is 0 Å². The number of piperidine rings is 1. The van der Waals surface area contributed by atoms with Crippen LogP contribution >= 0.6 is 0 Å². The number of hydrogen-bond acceptors (Lipinski definition) is 8. The highest BCUT2D eigenvalue weighted by molar-refractivity contribution is 6.08. The minimum Gasteiger partial charge on any atom is -0.475 e. The quantitative estimate of drug-likeness (QED) is 0.389. The number of carboxylic acid groups (broad SMARTS) is 1. The Bertz CT molecular complexity index is 1240. The standard InChI is InChI=1S/C22H27N7O2.C2HF3O2/c30-22(26-16-3-5-18(6-4-16)28-10-12-31-13-11-28)19-15-24-29-9-7-20(27-21(19)29)25-17-2-1-8-23-14-17;3-2(4,5)1(6)7/h3-7,9,15,17,23H,1-2,8,10-14H2,(H,25,27)(H,26,30);(H,6,7)/t17-;/m1./s1. The summed E-state index contributed by atoms with van der Waals surface area (Å²) in [5.74, 6) is -2.23. The second kappa shape index (κ2) is 12.1. The van der Waals surface area contributed by atoms with Gasteiger partial charge in [0, 0.05) is 43.2 Å². The number of nitrogens with zero attached hydrogens (tertiary/aromatic N) is 4. The first kappa shape index (κ1) is 27.1. The molecule has 3 aromatic rings. The van der Waals surface area contributed by atoms with E-state index in [1.54, 1.807) is 10.7 Å². The predicted molar refractivity (Wildman–Crippen MR) is 134 cm³/mol. The number of alkyl halides is 3. The van der Waals surface area contributed by atoms with E-state index < -0.39 is 12.1 Å². The third-order valence-corrected chi connectivity index (χ3v) is 6.01. The van der Waals surface area contributed by atoms with E-state index in [1.807, 2.05) is 36.5 Å². The number of carbonyl (C=O) groups is 2. The van der Waals surface area contributed by atoms with Gasteiger partial charge in [0.1, 0.15) is 11.4 Å². The maximum atomic E-state index is 12.9. The van der Waals surface area contributed by atoms with E-state index in [9.17, 15) is 18.0 Å². The lowest BCUT2D eigenvalue weighted by molar-refractivity contribution is -0.192. The summed E-state index contributed by atoms with van der Waals surface area (Å²) < 4.78 is 38.8. The number of halogens is 3. The van der Waals surface area contributed by atoms with Gasteiger partial charge in [-0.2, -0.15) is 18.3 Å². The lowest BCUT2D eigenvalue weighted by Crippen LogP contribution is -2.38. The number of morpholine rings is 1. The van der Waals surface area contributed by atoms with Gasteiger partial charge in [-0.1, -0.05) is 0 Å². The Balaban J connectivity index is 0.000000426. The molecule has 0 unspecified atom stereocenters. The summed E-state index contributed by atoms with van der Waals surface area (Å²) in [7, 11) is 0. The molecule has 2 aromatic heterocycles. The zero-order valence-corrected chi connectivity index (χ0v) is 20.4. The summed E-state index contributed by atoms with van der Waals surface area (Å²) in [6, 6.07) is 10.1. The molecule has 2 fully saturated rings. The second-order valence-corrected chi connectivity index (χ2v) is 8.73.